The molecule has 0 heterocycles. The van der Waals surface area contributed by atoms with E-state index in [0.29, 0.717) is 19.3 Å². The number of halogens is 3. The predicted octanol–water partition coefficient (Wildman–Crippen LogP) is 4.58. The van der Waals surface area contributed by atoms with Crippen LogP contribution in [0.5, 0.6) is 0 Å². The molecule has 0 N–H and O–H groups in total. The van der Waals surface area contributed by atoms with E-state index < -0.39 is 17.2 Å². The van der Waals surface area contributed by atoms with Gasteiger partial charge in [-0.25, -0.2) is 0 Å². The average molecular weight is 294 g/mol. The van der Waals surface area contributed by atoms with Crippen molar-refractivity contribution in [2.45, 2.75) is 43.7 Å². The van der Waals surface area contributed by atoms with Crippen molar-refractivity contribution < 1.29 is 18.0 Å². The highest BCUT2D eigenvalue weighted by atomic mass is 19.4. The van der Waals surface area contributed by atoms with E-state index in [1.165, 1.54) is 6.08 Å². The molecule has 112 valence electrons. The van der Waals surface area contributed by atoms with Crippen molar-refractivity contribution in [1.82, 2.24) is 0 Å². The fraction of sp³-hybridized carbons (Fsp3) is 0.471. The molecule has 0 amide bonds. The van der Waals surface area contributed by atoms with Crippen molar-refractivity contribution in [3.05, 3.63) is 47.5 Å². The molecule has 0 aromatic heterocycles. The Labute approximate surface area is 121 Å². The molecule has 1 aromatic carbocycles. The first-order valence-electron chi connectivity index (χ1n) is 7.29. The van der Waals surface area contributed by atoms with Crippen LogP contribution in [-0.4, -0.2) is 12.0 Å². The molecule has 2 aliphatic rings. The maximum atomic E-state index is 13.0. The third kappa shape index (κ3) is 2.30. The number of rotatable bonds is 1. The Balaban J connectivity index is 2.06. The molecule has 0 aliphatic heterocycles. The Kier molecular flexibility index (Phi) is 3.42. The first-order valence-corrected chi connectivity index (χ1v) is 7.29. The minimum Gasteiger partial charge on any atom is -0.299 e. The summed E-state index contributed by atoms with van der Waals surface area (Å²) in [6.45, 7) is 0. The van der Waals surface area contributed by atoms with E-state index in [2.05, 4.69) is 0 Å². The molecule has 1 saturated carbocycles. The quantitative estimate of drug-likeness (QED) is 0.693. The minimum absolute atomic E-state index is 0.0376. The molecule has 2 atom stereocenters. The molecular weight excluding hydrogens is 277 g/mol. The fourth-order valence-electron chi connectivity index (χ4n) is 3.88. The molecule has 0 spiro atoms. The number of Topliss-reactive ketones (excluding diaryl/α,β-unsaturated/α-hetero) is 1. The summed E-state index contributed by atoms with van der Waals surface area (Å²) in [7, 11) is 0. The Hall–Kier alpha value is -1.58. The maximum Gasteiger partial charge on any atom is 0.412 e. The van der Waals surface area contributed by atoms with Crippen LogP contribution in [0.2, 0.25) is 0 Å². The largest absolute Gasteiger partial charge is 0.412 e. The molecular formula is C17H17F3O. The molecule has 4 heteroatoms. The Bertz CT molecular complexity index is 573. The van der Waals surface area contributed by atoms with Crippen LogP contribution in [0.25, 0.3) is 0 Å². The van der Waals surface area contributed by atoms with E-state index >= 15 is 0 Å². The van der Waals surface area contributed by atoms with Gasteiger partial charge < -0.3 is 0 Å². The van der Waals surface area contributed by atoms with Crippen LogP contribution in [0, 0.1) is 5.92 Å². The SMILES string of the molecule is O=C1CCC[C@H]2CC(C(F)(F)F)=CC[C@@]12c1ccccc1. The highest BCUT2D eigenvalue weighted by Gasteiger charge is 2.52. The zero-order chi connectivity index (χ0) is 15.1. The van der Waals surface area contributed by atoms with Gasteiger partial charge in [0.15, 0.2) is 0 Å². The Morgan fingerprint density at radius 2 is 1.86 bits per heavy atom. The summed E-state index contributed by atoms with van der Waals surface area (Å²) in [5.41, 5.74) is -0.334. The van der Waals surface area contributed by atoms with Crippen LogP contribution in [-0.2, 0) is 10.2 Å². The average Bonchev–Trinajstić information content (AvgIpc) is 2.47. The summed E-state index contributed by atoms with van der Waals surface area (Å²) < 4.78 is 38.9. The van der Waals surface area contributed by atoms with Crippen LogP contribution < -0.4 is 0 Å². The topological polar surface area (TPSA) is 17.1 Å². The number of carbonyl (C=O) groups excluding carboxylic acids is 1. The second-order valence-corrected chi connectivity index (χ2v) is 5.99. The predicted molar refractivity (Wildman–Crippen MR) is 73.8 cm³/mol. The van der Waals surface area contributed by atoms with Crippen LogP contribution >= 0.6 is 0 Å². The smallest absolute Gasteiger partial charge is 0.299 e. The van der Waals surface area contributed by atoms with E-state index in [-0.39, 0.29) is 24.5 Å². The van der Waals surface area contributed by atoms with Crippen molar-refractivity contribution in [3.8, 4) is 0 Å². The number of alkyl halides is 3. The van der Waals surface area contributed by atoms with Gasteiger partial charge in [-0.15, -0.1) is 0 Å². The molecule has 1 fully saturated rings. The normalized spacial score (nSPS) is 29.8. The Morgan fingerprint density at radius 1 is 1.14 bits per heavy atom. The summed E-state index contributed by atoms with van der Waals surface area (Å²) >= 11 is 0. The highest BCUT2D eigenvalue weighted by Crippen LogP contribution is 2.51. The van der Waals surface area contributed by atoms with Crippen LogP contribution in [0.3, 0.4) is 0 Å². The lowest BCUT2D eigenvalue weighted by Crippen LogP contribution is -2.48. The van der Waals surface area contributed by atoms with Crippen molar-refractivity contribution in [1.29, 1.82) is 0 Å². The standard InChI is InChI=1S/C17H17F3O/c18-17(19,20)14-9-10-16(12-5-2-1-3-6-12)13(11-14)7-4-8-15(16)21/h1-3,5-6,9,13H,4,7-8,10-11H2/t13-,16-/m0/s1. The first kappa shape index (κ1) is 14.4. The maximum absolute atomic E-state index is 13.0. The first-order chi connectivity index (χ1) is 9.94. The number of hydrogen-bond donors (Lipinski definition) is 0. The number of fused-ring (bicyclic) bond motifs is 1. The van der Waals surface area contributed by atoms with Crippen molar-refractivity contribution >= 4 is 5.78 Å². The third-order valence-corrected chi connectivity index (χ3v) is 4.94. The molecule has 2 aliphatic carbocycles. The third-order valence-electron chi connectivity index (χ3n) is 4.94. The molecule has 0 saturated heterocycles. The van der Waals surface area contributed by atoms with Gasteiger partial charge in [-0.2, -0.15) is 13.2 Å². The number of allylic oxidation sites excluding steroid dienone is 2. The molecule has 3 rings (SSSR count). The number of hydrogen-bond acceptors (Lipinski definition) is 1. The van der Waals surface area contributed by atoms with E-state index in [1.807, 2.05) is 30.3 Å². The monoisotopic (exact) mass is 294 g/mol. The number of benzene rings is 1. The van der Waals surface area contributed by atoms with Gasteiger partial charge in [-0.3, -0.25) is 4.79 Å². The zero-order valence-electron chi connectivity index (χ0n) is 11.6. The van der Waals surface area contributed by atoms with Crippen LogP contribution in [0.1, 0.15) is 37.7 Å². The van der Waals surface area contributed by atoms with Crippen molar-refractivity contribution in [2.24, 2.45) is 5.92 Å². The van der Waals surface area contributed by atoms with Crippen molar-refractivity contribution in [3.63, 3.8) is 0 Å². The second-order valence-electron chi connectivity index (χ2n) is 5.99. The number of ketones is 1. The van der Waals surface area contributed by atoms with Gasteiger partial charge in [0, 0.05) is 12.0 Å². The molecule has 1 nitrogen and oxygen atoms in total. The van der Waals surface area contributed by atoms with Crippen LogP contribution in [0.15, 0.2) is 42.0 Å². The molecule has 0 bridgehead atoms. The summed E-state index contributed by atoms with van der Waals surface area (Å²) in [6, 6.07) is 9.32. The van der Waals surface area contributed by atoms with E-state index in [4.69, 9.17) is 0 Å². The van der Waals surface area contributed by atoms with Crippen molar-refractivity contribution in [2.75, 3.05) is 0 Å². The number of carbonyl (C=O) groups is 1. The van der Waals surface area contributed by atoms with Gasteiger partial charge in [0.05, 0.1) is 5.41 Å². The summed E-state index contributed by atoms with van der Waals surface area (Å²) in [6.07, 6.45) is -1.03. The van der Waals surface area contributed by atoms with Gasteiger partial charge in [0.1, 0.15) is 5.78 Å². The fourth-order valence-corrected chi connectivity index (χ4v) is 3.88. The minimum atomic E-state index is -4.27. The van der Waals surface area contributed by atoms with Gasteiger partial charge in [0.2, 0.25) is 0 Å². The zero-order valence-corrected chi connectivity index (χ0v) is 11.6. The van der Waals surface area contributed by atoms with Gasteiger partial charge in [-0.1, -0.05) is 36.4 Å². The second kappa shape index (κ2) is 5.00. The van der Waals surface area contributed by atoms with E-state index in [0.717, 1.165) is 5.56 Å². The lowest BCUT2D eigenvalue weighted by atomic mass is 9.56. The summed E-state index contributed by atoms with van der Waals surface area (Å²) in [5.74, 6) is -0.134. The summed E-state index contributed by atoms with van der Waals surface area (Å²) in [4.78, 5) is 12.6. The molecule has 0 unspecified atom stereocenters. The van der Waals surface area contributed by atoms with Gasteiger partial charge in [-0.05, 0) is 37.2 Å². The van der Waals surface area contributed by atoms with Gasteiger partial charge in [0.25, 0.3) is 0 Å². The highest BCUT2D eigenvalue weighted by molar-refractivity contribution is 5.91. The van der Waals surface area contributed by atoms with E-state index in [1.54, 1.807) is 0 Å². The molecule has 21 heavy (non-hydrogen) atoms. The Morgan fingerprint density at radius 3 is 2.52 bits per heavy atom. The lowest BCUT2D eigenvalue weighted by Gasteiger charge is -2.46. The van der Waals surface area contributed by atoms with E-state index in [9.17, 15) is 18.0 Å². The summed E-state index contributed by atoms with van der Waals surface area (Å²) in [5, 5.41) is 0. The van der Waals surface area contributed by atoms with Gasteiger partial charge >= 0.3 is 6.18 Å². The lowest BCUT2D eigenvalue weighted by molar-refractivity contribution is -0.131. The molecule has 1 aromatic rings. The van der Waals surface area contributed by atoms with Crippen LogP contribution in [0.4, 0.5) is 13.2 Å². The molecule has 0 radical (unpaired) electrons.